The number of ether oxygens (including phenoxy) is 1. The first kappa shape index (κ1) is 12.0. The minimum atomic E-state index is 0.189. The third kappa shape index (κ3) is 2.04. The molecule has 0 radical (unpaired) electrons. The van der Waals surface area contributed by atoms with Crippen LogP contribution >= 0.6 is 0 Å². The van der Waals surface area contributed by atoms with Crippen molar-refractivity contribution in [1.82, 2.24) is 4.98 Å². The summed E-state index contributed by atoms with van der Waals surface area (Å²) in [4.78, 5) is 6.48. The van der Waals surface area contributed by atoms with Crippen molar-refractivity contribution >= 4 is 5.69 Å². The lowest BCUT2D eigenvalue weighted by Crippen LogP contribution is -2.27. The number of hydrogen-bond acceptors (Lipinski definition) is 4. The summed E-state index contributed by atoms with van der Waals surface area (Å²) < 4.78 is 5.30. The molecule has 1 unspecified atom stereocenters. The molecule has 0 saturated carbocycles. The highest BCUT2D eigenvalue weighted by atomic mass is 16.5. The number of fused-ring (bicyclic) bond motifs is 1. The molecule has 0 spiro atoms. The summed E-state index contributed by atoms with van der Waals surface area (Å²) in [6.07, 6.45) is 3.67. The number of methoxy groups -OCH3 is 1. The molecular formula is C15H17N3O. The number of aromatic nitrogens is 1. The van der Waals surface area contributed by atoms with E-state index in [1.807, 2.05) is 18.3 Å². The molecule has 2 aromatic rings. The van der Waals surface area contributed by atoms with Crippen LogP contribution in [0.15, 0.2) is 42.7 Å². The first-order valence-electron chi connectivity index (χ1n) is 6.37. The summed E-state index contributed by atoms with van der Waals surface area (Å²) in [5.74, 6) is 0.880. The summed E-state index contributed by atoms with van der Waals surface area (Å²) >= 11 is 0. The molecule has 1 aliphatic heterocycles. The largest absolute Gasteiger partial charge is 0.497 e. The highest BCUT2D eigenvalue weighted by Gasteiger charge is 2.29. The minimum Gasteiger partial charge on any atom is -0.497 e. The van der Waals surface area contributed by atoms with Crippen LogP contribution in [0.2, 0.25) is 0 Å². The van der Waals surface area contributed by atoms with Gasteiger partial charge in [-0.05, 0) is 35.4 Å². The van der Waals surface area contributed by atoms with Gasteiger partial charge in [-0.1, -0.05) is 6.07 Å². The standard InChI is InChI=1S/C15H17N3O/c1-19-13-5-4-11-10-18(12-3-2-6-17-9-12)15(8-16)14(11)7-13/h2-7,9,15H,8,10,16H2,1H3. The number of nitrogens with two attached hydrogens (primary N) is 1. The van der Waals surface area contributed by atoms with E-state index in [0.717, 1.165) is 18.0 Å². The van der Waals surface area contributed by atoms with Gasteiger partial charge < -0.3 is 15.4 Å². The van der Waals surface area contributed by atoms with Crippen molar-refractivity contribution in [1.29, 1.82) is 0 Å². The predicted molar refractivity (Wildman–Crippen MR) is 75.2 cm³/mol. The molecule has 1 aliphatic rings. The van der Waals surface area contributed by atoms with E-state index in [1.165, 1.54) is 11.1 Å². The van der Waals surface area contributed by atoms with E-state index in [1.54, 1.807) is 13.3 Å². The molecular weight excluding hydrogens is 238 g/mol. The third-order valence-electron chi connectivity index (χ3n) is 3.63. The SMILES string of the molecule is COc1ccc2c(c1)C(CN)N(c1cccnc1)C2. The maximum Gasteiger partial charge on any atom is 0.119 e. The monoisotopic (exact) mass is 255 g/mol. The lowest BCUT2D eigenvalue weighted by molar-refractivity contribution is 0.414. The van der Waals surface area contributed by atoms with Crippen molar-refractivity contribution in [2.24, 2.45) is 5.73 Å². The Hall–Kier alpha value is -2.07. The van der Waals surface area contributed by atoms with Gasteiger partial charge in [0.1, 0.15) is 5.75 Å². The van der Waals surface area contributed by atoms with Crippen LogP contribution in [0.5, 0.6) is 5.75 Å². The zero-order valence-corrected chi connectivity index (χ0v) is 10.9. The summed E-state index contributed by atoms with van der Waals surface area (Å²) in [5.41, 5.74) is 9.63. The van der Waals surface area contributed by atoms with Crippen molar-refractivity contribution in [3.05, 3.63) is 53.9 Å². The fourth-order valence-corrected chi connectivity index (χ4v) is 2.66. The first-order valence-corrected chi connectivity index (χ1v) is 6.37. The molecule has 1 aromatic heterocycles. The second kappa shape index (κ2) is 4.90. The van der Waals surface area contributed by atoms with Gasteiger partial charge in [-0.3, -0.25) is 4.98 Å². The Kier molecular flexibility index (Phi) is 3.09. The molecule has 1 atom stereocenters. The number of nitrogens with zero attached hydrogens (tertiary/aromatic N) is 2. The van der Waals surface area contributed by atoms with Gasteiger partial charge in [0, 0.05) is 19.3 Å². The summed E-state index contributed by atoms with van der Waals surface area (Å²) in [6.45, 7) is 1.45. The van der Waals surface area contributed by atoms with Crippen LogP contribution < -0.4 is 15.4 Å². The molecule has 2 N–H and O–H groups in total. The maximum atomic E-state index is 5.97. The molecule has 4 nitrogen and oxygen atoms in total. The highest BCUT2D eigenvalue weighted by Crippen LogP contribution is 2.38. The quantitative estimate of drug-likeness (QED) is 0.912. The Bertz CT molecular complexity index is 571. The molecule has 1 aromatic carbocycles. The lowest BCUT2D eigenvalue weighted by Gasteiger charge is -2.25. The Morgan fingerprint density at radius 3 is 3.00 bits per heavy atom. The molecule has 2 heterocycles. The second-order valence-electron chi connectivity index (χ2n) is 4.66. The number of anilines is 1. The van der Waals surface area contributed by atoms with Crippen LogP contribution in [0.25, 0.3) is 0 Å². The van der Waals surface area contributed by atoms with Crippen LogP contribution in [0, 0.1) is 0 Å². The molecule has 0 bridgehead atoms. The first-order chi connectivity index (χ1) is 9.33. The van der Waals surface area contributed by atoms with Gasteiger partial charge in [-0.15, -0.1) is 0 Å². The Labute approximate surface area is 112 Å². The maximum absolute atomic E-state index is 5.97. The van der Waals surface area contributed by atoms with E-state index >= 15 is 0 Å². The van der Waals surface area contributed by atoms with Crippen molar-refractivity contribution in [3.63, 3.8) is 0 Å². The molecule has 19 heavy (non-hydrogen) atoms. The van der Waals surface area contributed by atoms with Gasteiger partial charge in [0.25, 0.3) is 0 Å². The van der Waals surface area contributed by atoms with Crippen molar-refractivity contribution < 1.29 is 4.74 Å². The fraction of sp³-hybridized carbons (Fsp3) is 0.267. The number of benzene rings is 1. The van der Waals surface area contributed by atoms with E-state index in [9.17, 15) is 0 Å². The van der Waals surface area contributed by atoms with Gasteiger partial charge in [0.05, 0.1) is 25.0 Å². The normalized spacial score (nSPS) is 17.4. The van der Waals surface area contributed by atoms with Crippen LogP contribution in [0.1, 0.15) is 17.2 Å². The van der Waals surface area contributed by atoms with E-state index in [4.69, 9.17) is 10.5 Å². The Morgan fingerprint density at radius 1 is 1.42 bits per heavy atom. The predicted octanol–water partition coefficient (Wildman–Crippen LogP) is 2.11. The lowest BCUT2D eigenvalue weighted by atomic mass is 10.0. The van der Waals surface area contributed by atoms with Crippen LogP contribution in [-0.2, 0) is 6.54 Å². The highest BCUT2D eigenvalue weighted by molar-refractivity contribution is 5.55. The van der Waals surface area contributed by atoms with Crippen LogP contribution in [0.3, 0.4) is 0 Å². The van der Waals surface area contributed by atoms with Crippen LogP contribution in [-0.4, -0.2) is 18.6 Å². The summed E-state index contributed by atoms with van der Waals surface area (Å²) in [5, 5.41) is 0. The second-order valence-corrected chi connectivity index (χ2v) is 4.66. The molecule has 0 amide bonds. The average Bonchev–Trinajstić information content (AvgIpc) is 2.85. The molecule has 3 rings (SSSR count). The van der Waals surface area contributed by atoms with E-state index in [0.29, 0.717) is 6.54 Å². The number of rotatable bonds is 3. The van der Waals surface area contributed by atoms with Crippen molar-refractivity contribution in [3.8, 4) is 5.75 Å². The molecule has 0 saturated heterocycles. The average molecular weight is 255 g/mol. The summed E-state index contributed by atoms with van der Waals surface area (Å²) in [6, 6.07) is 10.4. The topological polar surface area (TPSA) is 51.4 Å². The van der Waals surface area contributed by atoms with Gasteiger partial charge in [-0.25, -0.2) is 0 Å². The zero-order chi connectivity index (χ0) is 13.2. The third-order valence-corrected chi connectivity index (χ3v) is 3.63. The van der Waals surface area contributed by atoms with Crippen LogP contribution in [0.4, 0.5) is 5.69 Å². The smallest absolute Gasteiger partial charge is 0.119 e. The van der Waals surface area contributed by atoms with E-state index in [2.05, 4.69) is 28.1 Å². The minimum absolute atomic E-state index is 0.189. The van der Waals surface area contributed by atoms with Gasteiger partial charge >= 0.3 is 0 Å². The fourth-order valence-electron chi connectivity index (χ4n) is 2.66. The molecule has 98 valence electrons. The van der Waals surface area contributed by atoms with Gasteiger partial charge in [0.2, 0.25) is 0 Å². The number of pyridine rings is 1. The van der Waals surface area contributed by atoms with Gasteiger partial charge in [0.15, 0.2) is 0 Å². The zero-order valence-electron chi connectivity index (χ0n) is 10.9. The number of hydrogen-bond donors (Lipinski definition) is 1. The van der Waals surface area contributed by atoms with Gasteiger partial charge in [-0.2, -0.15) is 0 Å². The molecule has 0 fully saturated rings. The van der Waals surface area contributed by atoms with E-state index < -0.39 is 0 Å². The van der Waals surface area contributed by atoms with E-state index in [-0.39, 0.29) is 6.04 Å². The molecule has 0 aliphatic carbocycles. The Morgan fingerprint density at radius 2 is 2.32 bits per heavy atom. The molecule has 4 heteroatoms. The van der Waals surface area contributed by atoms with Crippen molar-refractivity contribution in [2.75, 3.05) is 18.6 Å². The summed E-state index contributed by atoms with van der Waals surface area (Å²) in [7, 11) is 1.69. The van der Waals surface area contributed by atoms with Crippen molar-refractivity contribution in [2.45, 2.75) is 12.6 Å². The Balaban J connectivity index is 1.99.